The van der Waals surface area contributed by atoms with E-state index < -0.39 is 0 Å². The van der Waals surface area contributed by atoms with Gasteiger partial charge in [-0.05, 0) is 12.8 Å². The molecule has 0 amide bonds. The van der Waals surface area contributed by atoms with E-state index in [9.17, 15) is 0 Å². The van der Waals surface area contributed by atoms with Crippen molar-refractivity contribution in [3.05, 3.63) is 0 Å². The second-order valence-corrected chi connectivity index (χ2v) is 3.58. The lowest BCUT2D eigenvalue weighted by atomic mass is 10.1. The largest absolute Gasteiger partial charge is 0.381 e. The second-order valence-electron chi connectivity index (χ2n) is 3.58. The highest BCUT2D eigenvalue weighted by atomic mass is 16.5. The number of nitrogens with zero attached hydrogens (tertiary/aromatic N) is 2. The van der Waals surface area contributed by atoms with E-state index in [0.717, 1.165) is 32.7 Å². The van der Waals surface area contributed by atoms with Crippen LogP contribution >= 0.6 is 0 Å². The van der Waals surface area contributed by atoms with Gasteiger partial charge < -0.3 is 9.64 Å². The van der Waals surface area contributed by atoms with Gasteiger partial charge in [-0.3, -0.25) is 4.99 Å². The van der Waals surface area contributed by atoms with Gasteiger partial charge in [0.25, 0.3) is 0 Å². The Labute approximate surface area is 73.4 Å². The number of rotatable bonds is 1. The van der Waals surface area contributed by atoms with Crippen LogP contribution in [-0.2, 0) is 4.74 Å². The van der Waals surface area contributed by atoms with Crippen LogP contribution in [0.25, 0.3) is 0 Å². The Morgan fingerprint density at radius 1 is 1.58 bits per heavy atom. The molecular weight excluding hydrogens is 152 g/mol. The highest BCUT2D eigenvalue weighted by Gasteiger charge is 2.25. The lowest BCUT2D eigenvalue weighted by molar-refractivity contribution is 0.191. The van der Waals surface area contributed by atoms with Crippen LogP contribution in [0.15, 0.2) is 4.99 Å². The predicted octanol–water partition coefficient (Wildman–Crippen LogP) is 0.757. The molecule has 1 saturated heterocycles. The quantitative estimate of drug-likeness (QED) is 0.577. The first-order chi connectivity index (χ1) is 5.88. The average Bonchev–Trinajstić information content (AvgIpc) is 2.57. The van der Waals surface area contributed by atoms with Gasteiger partial charge in [0.1, 0.15) is 5.84 Å². The van der Waals surface area contributed by atoms with Crippen molar-refractivity contribution in [2.45, 2.75) is 12.8 Å². The molecule has 0 spiro atoms. The SMILES string of the molecule is CN1CCCN=C1C1CCOC1. The maximum Gasteiger partial charge on any atom is 0.104 e. The van der Waals surface area contributed by atoms with Gasteiger partial charge in [0.15, 0.2) is 0 Å². The molecule has 0 aromatic heterocycles. The number of aliphatic imine (C=N–C) groups is 1. The maximum atomic E-state index is 5.35. The maximum absolute atomic E-state index is 5.35. The Kier molecular flexibility index (Phi) is 2.30. The molecule has 2 aliphatic heterocycles. The van der Waals surface area contributed by atoms with E-state index in [0.29, 0.717) is 5.92 Å². The van der Waals surface area contributed by atoms with Crippen molar-refractivity contribution >= 4 is 5.84 Å². The molecule has 2 heterocycles. The van der Waals surface area contributed by atoms with Crippen molar-refractivity contribution in [3.63, 3.8) is 0 Å². The molecule has 0 radical (unpaired) electrons. The lowest BCUT2D eigenvalue weighted by Gasteiger charge is -2.28. The number of hydrogen-bond acceptors (Lipinski definition) is 3. The standard InChI is InChI=1S/C9H16N2O/c1-11-5-2-4-10-9(11)8-3-6-12-7-8/h8H,2-7H2,1H3. The van der Waals surface area contributed by atoms with Crippen LogP contribution in [0, 0.1) is 5.92 Å². The Hall–Kier alpha value is -0.570. The van der Waals surface area contributed by atoms with Crippen LogP contribution < -0.4 is 0 Å². The first kappa shape index (κ1) is 8.05. The normalized spacial score (nSPS) is 30.6. The minimum absolute atomic E-state index is 0.579. The predicted molar refractivity (Wildman–Crippen MR) is 48.5 cm³/mol. The van der Waals surface area contributed by atoms with E-state index in [1.165, 1.54) is 12.3 Å². The monoisotopic (exact) mass is 168 g/mol. The Bertz CT molecular complexity index is 185. The number of ether oxygens (including phenoxy) is 1. The topological polar surface area (TPSA) is 24.8 Å². The molecule has 3 nitrogen and oxygen atoms in total. The smallest absolute Gasteiger partial charge is 0.104 e. The molecule has 2 rings (SSSR count). The molecule has 3 heteroatoms. The van der Waals surface area contributed by atoms with E-state index in [-0.39, 0.29) is 0 Å². The minimum Gasteiger partial charge on any atom is -0.381 e. The molecule has 2 aliphatic rings. The summed E-state index contributed by atoms with van der Waals surface area (Å²) in [4.78, 5) is 6.84. The molecule has 0 N–H and O–H groups in total. The van der Waals surface area contributed by atoms with Gasteiger partial charge in [0.2, 0.25) is 0 Å². The molecule has 0 saturated carbocycles. The zero-order valence-electron chi connectivity index (χ0n) is 7.62. The van der Waals surface area contributed by atoms with E-state index in [1.54, 1.807) is 0 Å². The molecule has 0 aliphatic carbocycles. The van der Waals surface area contributed by atoms with E-state index >= 15 is 0 Å². The van der Waals surface area contributed by atoms with Crippen LogP contribution in [0.5, 0.6) is 0 Å². The van der Waals surface area contributed by atoms with Gasteiger partial charge >= 0.3 is 0 Å². The summed E-state index contributed by atoms with van der Waals surface area (Å²) in [6.45, 7) is 3.96. The van der Waals surface area contributed by atoms with Gasteiger partial charge in [-0.15, -0.1) is 0 Å². The number of hydrogen-bond donors (Lipinski definition) is 0. The average molecular weight is 168 g/mol. The lowest BCUT2D eigenvalue weighted by Crippen LogP contribution is -2.37. The van der Waals surface area contributed by atoms with E-state index in [2.05, 4.69) is 16.9 Å². The van der Waals surface area contributed by atoms with E-state index in [4.69, 9.17) is 4.74 Å². The Morgan fingerprint density at radius 3 is 3.17 bits per heavy atom. The van der Waals surface area contributed by atoms with Gasteiger partial charge in [-0.1, -0.05) is 0 Å². The summed E-state index contributed by atoms with van der Waals surface area (Å²) in [6.07, 6.45) is 2.36. The second kappa shape index (κ2) is 3.44. The van der Waals surface area contributed by atoms with Crippen molar-refractivity contribution in [1.82, 2.24) is 4.90 Å². The third kappa shape index (κ3) is 1.46. The Balaban J connectivity index is 2.04. The van der Waals surface area contributed by atoms with Crippen LogP contribution in [0.1, 0.15) is 12.8 Å². The zero-order chi connectivity index (χ0) is 8.39. The number of amidine groups is 1. The summed E-state index contributed by atoms with van der Waals surface area (Å²) in [6, 6.07) is 0. The molecule has 12 heavy (non-hydrogen) atoms. The van der Waals surface area contributed by atoms with Crippen LogP contribution in [0.4, 0.5) is 0 Å². The molecule has 1 fully saturated rings. The van der Waals surface area contributed by atoms with Crippen LogP contribution in [-0.4, -0.2) is 44.1 Å². The van der Waals surface area contributed by atoms with Crippen molar-refractivity contribution in [2.75, 3.05) is 33.4 Å². The van der Waals surface area contributed by atoms with Gasteiger partial charge in [-0.2, -0.15) is 0 Å². The third-order valence-corrected chi connectivity index (χ3v) is 2.61. The highest BCUT2D eigenvalue weighted by molar-refractivity contribution is 5.85. The minimum atomic E-state index is 0.579. The molecule has 1 atom stereocenters. The van der Waals surface area contributed by atoms with Gasteiger partial charge in [0.05, 0.1) is 6.61 Å². The molecule has 0 bridgehead atoms. The van der Waals surface area contributed by atoms with Crippen LogP contribution in [0.2, 0.25) is 0 Å². The molecule has 0 aromatic rings. The summed E-state index contributed by atoms with van der Waals surface area (Å²) < 4.78 is 5.35. The molecule has 0 aromatic carbocycles. The Morgan fingerprint density at radius 2 is 2.50 bits per heavy atom. The molecular formula is C9H16N2O. The fraction of sp³-hybridized carbons (Fsp3) is 0.889. The summed E-state index contributed by atoms with van der Waals surface area (Å²) >= 11 is 0. The summed E-state index contributed by atoms with van der Waals surface area (Å²) in [5, 5.41) is 0. The fourth-order valence-electron chi connectivity index (χ4n) is 1.92. The summed E-state index contributed by atoms with van der Waals surface area (Å²) in [5.41, 5.74) is 0. The summed E-state index contributed by atoms with van der Waals surface area (Å²) in [7, 11) is 2.14. The summed E-state index contributed by atoms with van der Waals surface area (Å²) in [5.74, 6) is 1.86. The third-order valence-electron chi connectivity index (χ3n) is 2.61. The van der Waals surface area contributed by atoms with Crippen molar-refractivity contribution < 1.29 is 4.74 Å². The van der Waals surface area contributed by atoms with Crippen molar-refractivity contribution in [3.8, 4) is 0 Å². The van der Waals surface area contributed by atoms with Gasteiger partial charge in [-0.25, -0.2) is 0 Å². The van der Waals surface area contributed by atoms with Crippen molar-refractivity contribution in [1.29, 1.82) is 0 Å². The zero-order valence-corrected chi connectivity index (χ0v) is 7.62. The van der Waals surface area contributed by atoms with E-state index in [1.807, 2.05) is 0 Å². The molecule has 68 valence electrons. The molecule has 1 unspecified atom stereocenters. The van der Waals surface area contributed by atoms with Crippen molar-refractivity contribution in [2.24, 2.45) is 10.9 Å². The van der Waals surface area contributed by atoms with Crippen LogP contribution in [0.3, 0.4) is 0 Å². The van der Waals surface area contributed by atoms with Gasteiger partial charge in [0, 0.05) is 32.7 Å². The first-order valence-electron chi connectivity index (χ1n) is 4.71. The highest BCUT2D eigenvalue weighted by Crippen LogP contribution is 2.18. The first-order valence-corrected chi connectivity index (χ1v) is 4.71. The fourth-order valence-corrected chi connectivity index (χ4v) is 1.92.